The van der Waals surface area contributed by atoms with E-state index in [1.165, 1.54) is 0 Å². The maximum atomic E-state index is 6.67. The first kappa shape index (κ1) is 16.0. The van der Waals surface area contributed by atoms with Gasteiger partial charge in [0.05, 0.1) is 5.69 Å². The number of benzene rings is 3. The quantitative estimate of drug-likeness (QED) is 0.727. The summed E-state index contributed by atoms with van der Waals surface area (Å²) in [6.45, 7) is 0. The Balaban J connectivity index is 1.89. The van der Waals surface area contributed by atoms with E-state index in [0.717, 1.165) is 22.6 Å². The van der Waals surface area contributed by atoms with E-state index in [-0.39, 0.29) is 6.17 Å². The van der Waals surface area contributed by atoms with Gasteiger partial charge in [0.2, 0.25) is 0 Å². The van der Waals surface area contributed by atoms with Gasteiger partial charge in [-0.15, -0.1) is 0 Å². The molecular weight excluding hydrogens is 332 g/mol. The predicted octanol–water partition coefficient (Wildman–Crippen LogP) is 4.20. The van der Waals surface area contributed by atoms with E-state index in [1.54, 1.807) is 0 Å². The Labute approximate surface area is 152 Å². The molecule has 0 saturated heterocycles. The van der Waals surface area contributed by atoms with Crippen molar-refractivity contribution in [2.45, 2.75) is 12.5 Å². The molecule has 0 aliphatic carbocycles. The number of hydrogen-bond acceptors (Lipinski definition) is 4. The summed E-state index contributed by atoms with van der Waals surface area (Å²) in [5.74, 6) is 0. The molecule has 2 atom stereocenters. The van der Waals surface area contributed by atoms with Crippen molar-refractivity contribution in [3.05, 3.63) is 89.4 Å². The summed E-state index contributed by atoms with van der Waals surface area (Å²) in [6, 6.07) is 25.8. The number of fused-ring (bicyclic) bond motifs is 1. The minimum Gasteiger partial charge on any atom is -0.319 e. The summed E-state index contributed by atoms with van der Waals surface area (Å²) in [5.41, 5.74) is 17.2. The van der Waals surface area contributed by atoms with E-state index < -0.39 is 6.29 Å². The summed E-state index contributed by atoms with van der Waals surface area (Å²) in [5, 5.41) is 0.670. The Morgan fingerprint density at radius 2 is 1.44 bits per heavy atom. The van der Waals surface area contributed by atoms with Gasteiger partial charge in [0.25, 0.3) is 0 Å². The van der Waals surface area contributed by atoms with E-state index in [4.69, 9.17) is 23.1 Å². The van der Waals surface area contributed by atoms with Crippen LogP contribution < -0.4 is 21.3 Å². The van der Waals surface area contributed by atoms with Crippen molar-refractivity contribution >= 4 is 28.7 Å². The zero-order valence-electron chi connectivity index (χ0n) is 13.6. The van der Waals surface area contributed by atoms with Gasteiger partial charge in [0.15, 0.2) is 6.29 Å². The van der Waals surface area contributed by atoms with Gasteiger partial charge in [-0.25, -0.2) is 0 Å². The molecular formula is C20H19ClN4. The highest BCUT2D eigenvalue weighted by Crippen LogP contribution is 2.41. The molecule has 0 amide bonds. The number of rotatable bonds is 2. The fourth-order valence-electron chi connectivity index (χ4n) is 3.37. The maximum absolute atomic E-state index is 6.67. The van der Waals surface area contributed by atoms with Gasteiger partial charge in [0.1, 0.15) is 6.17 Å². The summed E-state index contributed by atoms with van der Waals surface area (Å²) in [6.07, 6.45) is -0.783. The Hall–Kier alpha value is -2.53. The van der Waals surface area contributed by atoms with Crippen molar-refractivity contribution in [2.24, 2.45) is 11.5 Å². The van der Waals surface area contributed by atoms with Gasteiger partial charge in [-0.05, 0) is 36.4 Å². The van der Waals surface area contributed by atoms with Gasteiger partial charge >= 0.3 is 0 Å². The number of halogens is 1. The molecule has 0 bridgehead atoms. The molecule has 1 aliphatic heterocycles. The lowest BCUT2D eigenvalue weighted by molar-refractivity contribution is 0.512. The maximum Gasteiger partial charge on any atom is 0.161 e. The summed E-state index contributed by atoms with van der Waals surface area (Å²) >= 11 is 6.22. The number of para-hydroxylation sites is 2. The number of anilines is 3. The molecule has 0 radical (unpaired) electrons. The summed E-state index contributed by atoms with van der Waals surface area (Å²) in [7, 11) is 0. The molecule has 25 heavy (non-hydrogen) atoms. The Morgan fingerprint density at radius 3 is 2.20 bits per heavy atom. The molecule has 4 nitrogen and oxygen atoms in total. The van der Waals surface area contributed by atoms with Crippen molar-refractivity contribution in [1.82, 2.24) is 0 Å². The zero-order chi connectivity index (χ0) is 17.4. The highest BCUT2D eigenvalue weighted by atomic mass is 35.5. The molecule has 2 unspecified atom stereocenters. The molecule has 3 aromatic carbocycles. The summed E-state index contributed by atoms with van der Waals surface area (Å²) < 4.78 is 0. The third kappa shape index (κ3) is 2.74. The Morgan fingerprint density at radius 1 is 0.760 bits per heavy atom. The van der Waals surface area contributed by atoms with Crippen LogP contribution in [0.15, 0.2) is 78.9 Å². The third-order valence-electron chi connectivity index (χ3n) is 4.50. The van der Waals surface area contributed by atoms with Crippen molar-refractivity contribution < 1.29 is 0 Å². The normalized spacial score (nSPS) is 19.6. The lowest BCUT2D eigenvalue weighted by Crippen LogP contribution is -2.59. The van der Waals surface area contributed by atoms with Crippen LogP contribution in [0.2, 0.25) is 5.02 Å². The highest BCUT2D eigenvalue weighted by Gasteiger charge is 2.36. The lowest BCUT2D eigenvalue weighted by atomic mass is 10.0. The van der Waals surface area contributed by atoms with E-state index in [1.807, 2.05) is 83.8 Å². The largest absolute Gasteiger partial charge is 0.319 e. The third-order valence-corrected chi connectivity index (χ3v) is 4.74. The van der Waals surface area contributed by atoms with Crippen LogP contribution in [-0.4, -0.2) is 6.29 Å². The highest BCUT2D eigenvalue weighted by molar-refractivity contribution is 6.30. The van der Waals surface area contributed by atoms with Crippen molar-refractivity contribution in [3.8, 4) is 0 Å². The topological polar surface area (TPSA) is 58.5 Å². The molecule has 4 rings (SSSR count). The van der Waals surface area contributed by atoms with Crippen LogP contribution in [0.25, 0.3) is 0 Å². The molecule has 3 aromatic rings. The van der Waals surface area contributed by atoms with Crippen LogP contribution in [0, 0.1) is 0 Å². The predicted molar refractivity (Wildman–Crippen MR) is 104 cm³/mol. The van der Waals surface area contributed by atoms with Gasteiger partial charge in [-0.3, -0.25) is 5.73 Å². The average Bonchev–Trinajstić information content (AvgIpc) is 2.63. The van der Waals surface area contributed by atoms with Crippen LogP contribution in [-0.2, 0) is 0 Å². The van der Waals surface area contributed by atoms with Crippen molar-refractivity contribution in [2.75, 3.05) is 9.80 Å². The fourth-order valence-corrected chi connectivity index (χ4v) is 3.55. The minimum atomic E-state index is -0.453. The van der Waals surface area contributed by atoms with Gasteiger partial charge in [-0.2, -0.15) is 0 Å². The van der Waals surface area contributed by atoms with Gasteiger partial charge in [0, 0.05) is 22.0 Å². The molecule has 1 aliphatic rings. The molecule has 0 spiro atoms. The standard InChI is InChI=1S/C20H19ClN4/c21-14-7-6-10-16(13-14)24-18-12-5-4-11-17(18)19(22)25(20(24)23)15-8-2-1-3-9-15/h1-13,19-20H,22-23H2. The number of nitrogens with two attached hydrogens (primary N) is 2. The van der Waals surface area contributed by atoms with Crippen LogP contribution in [0.4, 0.5) is 17.1 Å². The Bertz CT molecular complexity index is 884. The fraction of sp³-hybridized carbons (Fsp3) is 0.100. The zero-order valence-corrected chi connectivity index (χ0v) is 14.3. The van der Waals surface area contributed by atoms with Crippen molar-refractivity contribution in [3.63, 3.8) is 0 Å². The molecule has 5 heteroatoms. The second-order valence-electron chi connectivity index (χ2n) is 6.01. The lowest BCUT2D eigenvalue weighted by Gasteiger charge is -2.48. The molecule has 126 valence electrons. The van der Waals surface area contributed by atoms with Crippen LogP contribution in [0.5, 0.6) is 0 Å². The second-order valence-corrected chi connectivity index (χ2v) is 6.45. The molecule has 1 heterocycles. The molecule has 0 aromatic heterocycles. The number of nitrogens with zero attached hydrogens (tertiary/aromatic N) is 2. The SMILES string of the molecule is NC1c2ccccc2N(c2cccc(Cl)c2)C(N)N1c1ccccc1. The smallest absolute Gasteiger partial charge is 0.161 e. The monoisotopic (exact) mass is 350 g/mol. The van der Waals surface area contributed by atoms with E-state index in [2.05, 4.69) is 4.90 Å². The van der Waals surface area contributed by atoms with Crippen LogP contribution >= 0.6 is 11.6 Å². The van der Waals surface area contributed by atoms with E-state index in [0.29, 0.717) is 5.02 Å². The minimum absolute atomic E-state index is 0.330. The van der Waals surface area contributed by atoms with E-state index in [9.17, 15) is 0 Å². The van der Waals surface area contributed by atoms with Crippen LogP contribution in [0.3, 0.4) is 0 Å². The summed E-state index contributed by atoms with van der Waals surface area (Å²) in [4.78, 5) is 4.08. The van der Waals surface area contributed by atoms with Crippen molar-refractivity contribution in [1.29, 1.82) is 0 Å². The second kappa shape index (κ2) is 6.41. The van der Waals surface area contributed by atoms with Crippen LogP contribution in [0.1, 0.15) is 11.7 Å². The Kier molecular flexibility index (Phi) is 4.09. The first-order valence-corrected chi connectivity index (χ1v) is 8.53. The first-order valence-electron chi connectivity index (χ1n) is 8.15. The van der Waals surface area contributed by atoms with E-state index >= 15 is 0 Å². The average molecular weight is 351 g/mol. The molecule has 0 fully saturated rings. The number of hydrogen-bond donors (Lipinski definition) is 2. The molecule has 4 N–H and O–H groups in total. The molecule has 0 saturated carbocycles. The van der Waals surface area contributed by atoms with Gasteiger partial charge in [-0.1, -0.05) is 54.1 Å². The van der Waals surface area contributed by atoms with Gasteiger partial charge < -0.3 is 15.5 Å². The first-order chi connectivity index (χ1) is 12.2.